The summed E-state index contributed by atoms with van der Waals surface area (Å²) in [6.07, 6.45) is 2.52. The first-order chi connectivity index (χ1) is 10.3. The summed E-state index contributed by atoms with van der Waals surface area (Å²) in [6.45, 7) is 12.0. The van der Waals surface area contributed by atoms with E-state index >= 15 is 0 Å². The van der Waals surface area contributed by atoms with Gasteiger partial charge < -0.3 is 15.5 Å². The molecule has 0 spiro atoms. The average Bonchev–Trinajstić information content (AvgIpc) is 2.60. The molecule has 1 aliphatic heterocycles. The number of pyridine rings is 1. The number of carbonyl (C=O) groups excluding carboxylic acids is 1. The van der Waals surface area contributed by atoms with E-state index in [1.54, 1.807) is 12.3 Å². The zero-order chi connectivity index (χ0) is 16.5. The number of carbonyl (C=O) groups is 1. The minimum absolute atomic E-state index is 0.490. The summed E-state index contributed by atoms with van der Waals surface area (Å²) in [4.78, 5) is 16.7. The van der Waals surface area contributed by atoms with E-state index in [1.807, 2.05) is 47.9 Å². The van der Waals surface area contributed by atoms with Crippen molar-refractivity contribution >= 4 is 12.0 Å². The number of anilines is 1. The zero-order valence-corrected chi connectivity index (χ0v) is 14.4. The molecular formula is C16H32N4O. The third-order valence-electron chi connectivity index (χ3n) is 2.37. The van der Waals surface area contributed by atoms with Gasteiger partial charge in [-0.2, -0.15) is 0 Å². The second-order valence-electron chi connectivity index (χ2n) is 3.80. The molecule has 0 amide bonds. The number of nitrogens with one attached hydrogen (secondary N) is 2. The normalized spacial score (nSPS) is 12.6. The van der Waals surface area contributed by atoms with Gasteiger partial charge in [0.2, 0.25) is 0 Å². The molecule has 0 atom stereocenters. The largest absolute Gasteiger partial charge is 0.368 e. The molecule has 0 unspecified atom stereocenters. The van der Waals surface area contributed by atoms with Crippen LogP contribution in [0.5, 0.6) is 0 Å². The molecule has 122 valence electrons. The number of rotatable bonds is 2. The Morgan fingerprint density at radius 2 is 1.67 bits per heavy atom. The van der Waals surface area contributed by atoms with E-state index in [9.17, 15) is 4.79 Å². The van der Waals surface area contributed by atoms with Crippen LogP contribution in [0.4, 0.5) is 5.69 Å². The highest BCUT2D eigenvalue weighted by Crippen LogP contribution is 2.12. The van der Waals surface area contributed by atoms with Crippen molar-refractivity contribution in [3.63, 3.8) is 0 Å². The minimum atomic E-state index is 0.490. The highest BCUT2D eigenvalue weighted by atomic mass is 16.1. The molecule has 1 aliphatic rings. The van der Waals surface area contributed by atoms with Gasteiger partial charge in [-0.15, -0.1) is 0 Å². The molecule has 2 rings (SSSR count). The van der Waals surface area contributed by atoms with Gasteiger partial charge in [0.1, 0.15) is 5.69 Å². The zero-order valence-electron chi connectivity index (χ0n) is 14.4. The summed E-state index contributed by atoms with van der Waals surface area (Å²) in [5, 5.41) is 6.04. The number of hydrogen-bond donors (Lipinski definition) is 2. The standard InChI is InChI=1S/C10H13N3O.C2H7N.2C2H6/c14-8-9-1-2-10(7-12-9)13-5-3-11-4-6-13;1-3-2;2*1-2/h1-2,7-8,11H,3-6H2;3H,1-2H3;2*1-2H3. The van der Waals surface area contributed by atoms with E-state index in [2.05, 4.69) is 20.5 Å². The smallest absolute Gasteiger partial charge is 0.168 e. The lowest BCUT2D eigenvalue weighted by molar-refractivity contribution is 0.111. The Morgan fingerprint density at radius 3 is 2.05 bits per heavy atom. The summed E-state index contributed by atoms with van der Waals surface area (Å²) in [5.74, 6) is 0. The average molecular weight is 296 g/mol. The van der Waals surface area contributed by atoms with Crippen molar-refractivity contribution in [2.45, 2.75) is 27.7 Å². The van der Waals surface area contributed by atoms with Crippen molar-refractivity contribution in [1.82, 2.24) is 15.6 Å². The van der Waals surface area contributed by atoms with Crippen LogP contribution in [-0.4, -0.2) is 51.5 Å². The second kappa shape index (κ2) is 16.6. The maximum absolute atomic E-state index is 10.4. The highest BCUT2D eigenvalue weighted by molar-refractivity contribution is 5.72. The van der Waals surface area contributed by atoms with Gasteiger partial charge >= 0.3 is 0 Å². The van der Waals surface area contributed by atoms with Gasteiger partial charge in [0.05, 0.1) is 11.9 Å². The minimum Gasteiger partial charge on any atom is -0.368 e. The quantitative estimate of drug-likeness (QED) is 0.819. The molecule has 5 heteroatoms. The first-order valence-electron chi connectivity index (χ1n) is 7.77. The molecule has 0 aliphatic carbocycles. The van der Waals surface area contributed by atoms with Gasteiger partial charge in [-0.1, -0.05) is 27.7 Å². The van der Waals surface area contributed by atoms with Gasteiger partial charge in [-0.05, 0) is 26.2 Å². The molecule has 1 saturated heterocycles. The van der Waals surface area contributed by atoms with Crippen molar-refractivity contribution < 1.29 is 4.79 Å². The Hall–Kier alpha value is -1.46. The lowest BCUT2D eigenvalue weighted by Gasteiger charge is -2.29. The topological polar surface area (TPSA) is 57.3 Å². The van der Waals surface area contributed by atoms with Crippen LogP contribution in [0.3, 0.4) is 0 Å². The fraction of sp³-hybridized carbons (Fsp3) is 0.625. The van der Waals surface area contributed by atoms with Crippen LogP contribution in [0.1, 0.15) is 38.2 Å². The monoisotopic (exact) mass is 296 g/mol. The molecule has 0 saturated carbocycles. The van der Waals surface area contributed by atoms with E-state index < -0.39 is 0 Å². The Kier molecular flexibility index (Phi) is 17.3. The molecule has 0 bridgehead atoms. The lowest BCUT2D eigenvalue weighted by atomic mass is 10.3. The van der Waals surface area contributed by atoms with E-state index in [-0.39, 0.29) is 0 Å². The molecule has 1 aromatic rings. The molecule has 1 aromatic heterocycles. The molecule has 5 nitrogen and oxygen atoms in total. The van der Waals surface area contributed by atoms with Gasteiger partial charge in [-0.3, -0.25) is 9.78 Å². The molecule has 0 aromatic carbocycles. The summed E-state index contributed by atoms with van der Waals surface area (Å²) in [6, 6.07) is 3.70. The number of nitrogens with zero attached hydrogens (tertiary/aromatic N) is 2. The maximum atomic E-state index is 10.4. The number of piperazine rings is 1. The van der Waals surface area contributed by atoms with Crippen LogP contribution in [0.15, 0.2) is 18.3 Å². The molecule has 0 radical (unpaired) electrons. The summed E-state index contributed by atoms with van der Waals surface area (Å²) in [5.41, 5.74) is 1.58. The highest BCUT2D eigenvalue weighted by Gasteiger charge is 2.09. The molecular weight excluding hydrogens is 264 g/mol. The number of hydrogen-bond acceptors (Lipinski definition) is 5. The first-order valence-corrected chi connectivity index (χ1v) is 7.77. The molecule has 2 heterocycles. The van der Waals surface area contributed by atoms with E-state index in [4.69, 9.17) is 0 Å². The third kappa shape index (κ3) is 9.98. The van der Waals surface area contributed by atoms with Crippen LogP contribution in [-0.2, 0) is 0 Å². The maximum Gasteiger partial charge on any atom is 0.168 e. The van der Waals surface area contributed by atoms with Crippen molar-refractivity contribution in [1.29, 1.82) is 0 Å². The van der Waals surface area contributed by atoms with E-state index in [0.717, 1.165) is 38.2 Å². The van der Waals surface area contributed by atoms with Crippen LogP contribution >= 0.6 is 0 Å². The fourth-order valence-electron chi connectivity index (χ4n) is 1.58. The van der Waals surface area contributed by atoms with Gasteiger partial charge in [0.25, 0.3) is 0 Å². The molecule has 21 heavy (non-hydrogen) atoms. The fourth-order valence-corrected chi connectivity index (χ4v) is 1.58. The van der Waals surface area contributed by atoms with Crippen LogP contribution in [0.25, 0.3) is 0 Å². The van der Waals surface area contributed by atoms with Crippen molar-refractivity contribution in [2.75, 3.05) is 45.2 Å². The Morgan fingerprint density at radius 1 is 1.14 bits per heavy atom. The third-order valence-corrected chi connectivity index (χ3v) is 2.37. The van der Waals surface area contributed by atoms with Crippen LogP contribution in [0, 0.1) is 0 Å². The van der Waals surface area contributed by atoms with Crippen molar-refractivity contribution in [3.05, 3.63) is 24.0 Å². The van der Waals surface area contributed by atoms with Gasteiger partial charge in [0, 0.05) is 26.2 Å². The van der Waals surface area contributed by atoms with E-state index in [1.165, 1.54) is 0 Å². The number of aldehydes is 1. The molecule has 2 N–H and O–H groups in total. The van der Waals surface area contributed by atoms with Crippen molar-refractivity contribution in [3.8, 4) is 0 Å². The summed E-state index contributed by atoms with van der Waals surface area (Å²) >= 11 is 0. The van der Waals surface area contributed by atoms with Crippen molar-refractivity contribution in [2.24, 2.45) is 0 Å². The van der Waals surface area contributed by atoms with Gasteiger partial charge in [0.15, 0.2) is 6.29 Å². The number of aromatic nitrogens is 1. The summed E-state index contributed by atoms with van der Waals surface area (Å²) in [7, 11) is 3.75. The Balaban J connectivity index is 0. The Bertz CT molecular complexity index is 322. The molecule has 1 fully saturated rings. The summed E-state index contributed by atoms with van der Waals surface area (Å²) < 4.78 is 0. The first kappa shape index (κ1) is 21.8. The van der Waals surface area contributed by atoms with Crippen LogP contribution in [0.2, 0.25) is 0 Å². The van der Waals surface area contributed by atoms with E-state index in [0.29, 0.717) is 5.69 Å². The predicted molar refractivity (Wildman–Crippen MR) is 92.4 cm³/mol. The lowest BCUT2D eigenvalue weighted by Crippen LogP contribution is -2.43. The predicted octanol–water partition coefficient (Wildman–Crippen LogP) is 2.19. The van der Waals surface area contributed by atoms with Crippen LogP contribution < -0.4 is 15.5 Å². The second-order valence-corrected chi connectivity index (χ2v) is 3.80. The SMILES string of the molecule is CC.CC.CNC.O=Cc1ccc(N2CCNCC2)cn1. The Labute approximate surface area is 130 Å². The van der Waals surface area contributed by atoms with Gasteiger partial charge in [-0.25, -0.2) is 0 Å².